The van der Waals surface area contributed by atoms with Gasteiger partial charge in [-0.3, -0.25) is 4.79 Å². The van der Waals surface area contributed by atoms with Crippen molar-refractivity contribution in [1.29, 1.82) is 0 Å². The van der Waals surface area contributed by atoms with E-state index >= 15 is 0 Å². The highest BCUT2D eigenvalue weighted by molar-refractivity contribution is 5.77. The molecule has 0 heterocycles. The molecular weight excluding hydrogens is 200 g/mol. The van der Waals surface area contributed by atoms with Crippen LogP contribution < -0.4 is 0 Å². The second-order valence-electron chi connectivity index (χ2n) is 4.91. The number of hydrogen-bond acceptors (Lipinski definition) is 2. The molecule has 0 amide bonds. The molecule has 0 aromatic rings. The zero-order valence-corrected chi connectivity index (χ0v) is 11.1. The highest BCUT2D eigenvalue weighted by Gasteiger charge is 2.13. The Morgan fingerprint density at radius 1 is 1.25 bits per heavy atom. The summed E-state index contributed by atoms with van der Waals surface area (Å²) in [7, 11) is 0. The summed E-state index contributed by atoms with van der Waals surface area (Å²) in [5.74, 6) is 1.14. The lowest BCUT2D eigenvalue weighted by atomic mass is 10.1. The fraction of sp³-hybridized carbons (Fsp3) is 0.714. The van der Waals surface area contributed by atoms with Crippen LogP contribution in [0.5, 0.6) is 0 Å². The van der Waals surface area contributed by atoms with Gasteiger partial charge >= 0.3 is 0 Å². The van der Waals surface area contributed by atoms with E-state index in [4.69, 9.17) is 4.74 Å². The quantitative estimate of drug-likeness (QED) is 0.371. The third kappa shape index (κ3) is 8.31. The summed E-state index contributed by atoms with van der Waals surface area (Å²) in [6.45, 7) is 11.5. The summed E-state index contributed by atoms with van der Waals surface area (Å²) >= 11 is 0. The molecule has 0 bridgehead atoms. The first-order chi connectivity index (χ1) is 7.39. The Kier molecular flexibility index (Phi) is 6.83. The molecule has 0 saturated heterocycles. The minimum absolute atomic E-state index is 0.195. The Morgan fingerprint density at radius 2 is 1.81 bits per heavy atom. The van der Waals surface area contributed by atoms with Gasteiger partial charge in [-0.25, -0.2) is 0 Å². The second kappa shape index (κ2) is 7.29. The normalized spacial score (nSPS) is 10.8. The summed E-state index contributed by atoms with van der Waals surface area (Å²) in [4.78, 5) is 11.1. The average Bonchev–Trinajstić information content (AvgIpc) is 2.20. The van der Waals surface area contributed by atoms with Crippen molar-refractivity contribution in [2.45, 2.75) is 65.4 Å². The molecule has 0 atom stereocenters. The monoisotopic (exact) mass is 224 g/mol. The molecule has 16 heavy (non-hydrogen) atoms. The standard InChI is InChI=1S/C14H24O2/c1-6-12(15)10-8-9-11-13(7-2)16-14(3,4)5/h2,6,8-11H2,1,3-5H3. The van der Waals surface area contributed by atoms with Gasteiger partial charge in [-0.05, 0) is 33.6 Å². The van der Waals surface area contributed by atoms with Crippen molar-refractivity contribution in [3.05, 3.63) is 18.1 Å². The molecule has 0 aliphatic heterocycles. The molecule has 0 saturated carbocycles. The molecule has 0 radical (unpaired) electrons. The van der Waals surface area contributed by atoms with Crippen LogP contribution in [0.15, 0.2) is 18.1 Å². The van der Waals surface area contributed by atoms with E-state index in [0.717, 1.165) is 25.0 Å². The van der Waals surface area contributed by atoms with Crippen molar-refractivity contribution in [2.24, 2.45) is 0 Å². The van der Waals surface area contributed by atoms with Crippen LogP contribution in [0.4, 0.5) is 0 Å². The van der Waals surface area contributed by atoms with E-state index in [1.165, 1.54) is 0 Å². The van der Waals surface area contributed by atoms with Crippen molar-refractivity contribution < 1.29 is 9.53 Å². The van der Waals surface area contributed by atoms with Crippen LogP contribution in [0.1, 0.15) is 59.8 Å². The summed E-state index contributed by atoms with van der Waals surface area (Å²) < 4.78 is 5.68. The van der Waals surface area contributed by atoms with Gasteiger partial charge in [0, 0.05) is 19.3 Å². The van der Waals surface area contributed by atoms with E-state index in [-0.39, 0.29) is 5.60 Å². The van der Waals surface area contributed by atoms with E-state index in [1.807, 2.05) is 27.7 Å². The SMILES string of the molecule is C=C=C(CCCCC(=O)CC)OC(C)(C)C. The smallest absolute Gasteiger partial charge is 0.138 e. The molecule has 0 aromatic heterocycles. The molecule has 2 nitrogen and oxygen atoms in total. The van der Waals surface area contributed by atoms with Gasteiger partial charge in [0.15, 0.2) is 0 Å². The number of Topliss-reactive ketones (excluding diaryl/α,β-unsaturated/α-hetero) is 1. The fourth-order valence-corrected chi connectivity index (χ4v) is 1.33. The Bertz CT molecular complexity index is 265. The summed E-state index contributed by atoms with van der Waals surface area (Å²) in [5.41, 5.74) is 2.63. The maximum atomic E-state index is 11.1. The van der Waals surface area contributed by atoms with Gasteiger partial charge in [0.2, 0.25) is 0 Å². The third-order valence-corrected chi connectivity index (χ3v) is 2.13. The molecule has 0 aliphatic rings. The van der Waals surface area contributed by atoms with Gasteiger partial charge in [-0.1, -0.05) is 19.2 Å². The molecule has 0 unspecified atom stereocenters. The topological polar surface area (TPSA) is 26.3 Å². The maximum Gasteiger partial charge on any atom is 0.138 e. The lowest BCUT2D eigenvalue weighted by Gasteiger charge is -2.22. The van der Waals surface area contributed by atoms with Crippen molar-refractivity contribution in [3.63, 3.8) is 0 Å². The van der Waals surface area contributed by atoms with Crippen molar-refractivity contribution in [2.75, 3.05) is 0 Å². The minimum atomic E-state index is -0.195. The van der Waals surface area contributed by atoms with E-state index in [9.17, 15) is 4.79 Å². The molecule has 0 aromatic carbocycles. The molecule has 0 spiro atoms. The van der Waals surface area contributed by atoms with Crippen LogP contribution in [0.25, 0.3) is 0 Å². The van der Waals surface area contributed by atoms with Crippen molar-refractivity contribution in [1.82, 2.24) is 0 Å². The molecule has 0 fully saturated rings. The molecule has 92 valence electrons. The zero-order chi connectivity index (χ0) is 12.6. The summed E-state index contributed by atoms with van der Waals surface area (Å²) in [6.07, 6.45) is 4.02. The minimum Gasteiger partial charge on any atom is -0.484 e. The number of ether oxygens (including phenoxy) is 1. The number of unbranched alkanes of at least 4 members (excludes halogenated alkanes) is 1. The lowest BCUT2D eigenvalue weighted by molar-refractivity contribution is -0.118. The number of carbonyl (C=O) groups excluding carboxylic acids is 1. The van der Waals surface area contributed by atoms with Crippen LogP contribution in [0.2, 0.25) is 0 Å². The predicted molar refractivity (Wildman–Crippen MR) is 67.3 cm³/mol. The Morgan fingerprint density at radius 3 is 2.25 bits per heavy atom. The third-order valence-electron chi connectivity index (χ3n) is 2.13. The number of allylic oxidation sites excluding steroid dienone is 1. The molecule has 0 N–H and O–H groups in total. The van der Waals surface area contributed by atoms with Gasteiger partial charge in [-0.15, -0.1) is 0 Å². The van der Waals surface area contributed by atoms with E-state index in [1.54, 1.807) is 0 Å². The fourth-order valence-electron chi connectivity index (χ4n) is 1.33. The first-order valence-electron chi connectivity index (χ1n) is 5.98. The first kappa shape index (κ1) is 15.0. The van der Waals surface area contributed by atoms with Gasteiger partial charge < -0.3 is 4.74 Å². The number of carbonyl (C=O) groups is 1. The Labute approximate surface area is 99.4 Å². The summed E-state index contributed by atoms with van der Waals surface area (Å²) in [5, 5.41) is 0. The van der Waals surface area contributed by atoms with Gasteiger partial charge in [-0.2, -0.15) is 0 Å². The van der Waals surface area contributed by atoms with E-state index in [0.29, 0.717) is 18.6 Å². The Balaban J connectivity index is 3.82. The zero-order valence-electron chi connectivity index (χ0n) is 11.1. The maximum absolute atomic E-state index is 11.1. The van der Waals surface area contributed by atoms with Crippen LogP contribution in [0.3, 0.4) is 0 Å². The molecule has 0 rings (SSSR count). The number of ketones is 1. The Hall–Kier alpha value is -1.01. The van der Waals surface area contributed by atoms with Crippen LogP contribution >= 0.6 is 0 Å². The highest BCUT2D eigenvalue weighted by atomic mass is 16.5. The van der Waals surface area contributed by atoms with Crippen molar-refractivity contribution in [3.8, 4) is 0 Å². The molecule has 0 aliphatic carbocycles. The van der Waals surface area contributed by atoms with Crippen LogP contribution in [-0.4, -0.2) is 11.4 Å². The average molecular weight is 224 g/mol. The molecular formula is C14H24O2. The predicted octanol–water partition coefficient (Wildman–Crippen LogP) is 4.01. The highest BCUT2D eigenvalue weighted by Crippen LogP contribution is 2.17. The number of rotatable bonds is 7. The van der Waals surface area contributed by atoms with Gasteiger partial charge in [0.05, 0.1) is 0 Å². The van der Waals surface area contributed by atoms with Crippen LogP contribution in [0, 0.1) is 0 Å². The molecule has 2 heteroatoms. The number of hydrogen-bond donors (Lipinski definition) is 0. The first-order valence-corrected chi connectivity index (χ1v) is 5.98. The largest absolute Gasteiger partial charge is 0.484 e. The van der Waals surface area contributed by atoms with E-state index < -0.39 is 0 Å². The van der Waals surface area contributed by atoms with Crippen molar-refractivity contribution >= 4 is 5.78 Å². The second-order valence-corrected chi connectivity index (χ2v) is 4.91. The summed E-state index contributed by atoms with van der Waals surface area (Å²) in [6, 6.07) is 0. The van der Waals surface area contributed by atoms with E-state index in [2.05, 4.69) is 12.3 Å². The van der Waals surface area contributed by atoms with Crippen LogP contribution in [-0.2, 0) is 9.53 Å². The lowest BCUT2D eigenvalue weighted by Crippen LogP contribution is -2.18. The van der Waals surface area contributed by atoms with Gasteiger partial charge in [0.25, 0.3) is 0 Å². The van der Waals surface area contributed by atoms with Gasteiger partial charge in [0.1, 0.15) is 17.1 Å².